The minimum absolute atomic E-state index is 0.0806. The first-order valence-corrected chi connectivity index (χ1v) is 9.19. The Labute approximate surface area is 160 Å². The molecule has 0 amide bonds. The summed E-state index contributed by atoms with van der Waals surface area (Å²) in [6.07, 6.45) is 0. The van der Waals surface area contributed by atoms with E-state index in [1.807, 2.05) is 30.3 Å². The number of ether oxygens (including phenoxy) is 1. The number of esters is 1. The first kappa shape index (κ1) is 20.3. The molecular weight excluding hydrogens is 350 g/mol. The third kappa shape index (κ3) is 4.99. The molecule has 0 aliphatic carbocycles. The number of benzene rings is 2. The molecule has 4 nitrogen and oxygen atoms in total. The third-order valence-electron chi connectivity index (χ3n) is 4.29. The zero-order valence-electron chi connectivity index (χ0n) is 15.7. The van der Waals surface area contributed by atoms with Crippen LogP contribution in [-0.2, 0) is 4.74 Å². The number of carbonyl (C=O) groups is 1. The van der Waals surface area contributed by atoms with Gasteiger partial charge in [0, 0.05) is 29.2 Å². The number of phenols is 1. The van der Waals surface area contributed by atoms with Crippen LogP contribution in [0.4, 0.5) is 0 Å². The van der Waals surface area contributed by atoms with Crippen LogP contribution >= 0.6 is 11.6 Å². The minimum Gasteiger partial charge on any atom is -0.506 e. The lowest BCUT2D eigenvalue weighted by atomic mass is 10.0. The van der Waals surface area contributed by atoms with Crippen molar-refractivity contribution in [1.29, 1.82) is 0 Å². The summed E-state index contributed by atoms with van der Waals surface area (Å²) in [7, 11) is 0. The summed E-state index contributed by atoms with van der Waals surface area (Å²) in [6, 6.07) is 13.1. The van der Waals surface area contributed by atoms with Crippen molar-refractivity contribution in [3.63, 3.8) is 0 Å². The van der Waals surface area contributed by atoms with E-state index in [9.17, 15) is 9.90 Å². The van der Waals surface area contributed by atoms with E-state index in [4.69, 9.17) is 16.3 Å². The fraction of sp³-hybridized carbons (Fsp3) is 0.381. The largest absolute Gasteiger partial charge is 0.506 e. The third-order valence-corrected chi connectivity index (χ3v) is 4.51. The molecule has 0 saturated heterocycles. The topological polar surface area (TPSA) is 49.8 Å². The quantitative estimate of drug-likeness (QED) is 0.693. The van der Waals surface area contributed by atoms with Gasteiger partial charge in [-0.15, -0.1) is 0 Å². The molecule has 2 aromatic rings. The van der Waals surface area contributed by atoms with Crippen molar-refractivity contribution in [3.05, 3.63) is 53.1 Å². The molecule has 0 heterocycles. The molecular formula is C21H26ClNO3. The van der Waals surface area contributed by atoms with E-state index in [1.165, 1.54) is 6.07 Å². The number of hydrogen-bond donors (Lipinski definition) is 1. The first-order chi connectivity index (χ1) is 12.3. The molecule has 5 heteroatoms. The molecule has 2 aromatic carbocycles. The van der Waals surface area contributed by atoms with Gasteiger partial charge in [-0.1, -0.05) is 41.9 Å². The number of phenolic OH excluding ortho intramolecular Hbond substituents is 1. The Morgan fingerprint density at radius 1 is 1.12 bits per heavy atom. The van der Waals surface area contributed by atoms with E-state index in [0.717, 1.165) is 5.56 Å². The highest BCUT2D eigenvalue weighted by Gasteiger charge is 2.19. The molecule has 0 aliphatic rings. The molecule has 0 radical (unpaired) electrons. The highest BCUT2D eigenvalue weighted by molar-refractivity contribution is 6.31. The Hall–Kier alpha value is -2.04. The van der Waals surface area contributed by atoms with Crippen LogP contribution in [0.5, 0.6) is 5.75 Å². The maximum absolute atomic E-state index is 12.5. The number of hydrogen-bond acceptors (Lipinski definition) is 4. The van der Waals surface area contributed by atoms with E-state index < -0.39 is 5.97 Å². The van der Waals surface area contributed by atoms with Gasteiger partial charge in [0.05, 0.1) is 0 Å². The maximum atomic E-state index is 12.5. The maximum Gasteiger partial charge on any atom is 0.342 e. The summed E-state index contributed by atoms with van der Waals surface area (Å²) in [4.78, 5) is 14.7. The Bertz CT molecular complexity index is 736. The minimum atomic E-state index is -0.574. The second kappa shape index (κ2) is 9.06. The summed E-state index contributed by atoms with van der Waals surface area (Å²) in [5, 5.41) is 10.9. The molecule has 1 N–H and O–H groups in total. The molecule has 0 saturated carbocycles. The summed E-state index contributed by atoms with van der Waals surface area (Å²) in [6.45, 7) is 9.32. The molecule has 0 bridgehead atoms. The van der Waals surface area contributed by atoms with Crippen LogP contribution in [0.25, 0.3) is 11.1 Å². The van der Waals surface area contributed by atoms with E-state index >= 15 is 0 Å². The normalized spacial score (nSPS) is 11.4. The number of nitrogens with zero attached hydrogens (tertiary/aromatic N) is 1. The van der Waals surface area contributed by atoms with Gasteiger partial charge in [-0.05, 0) is 45.4 Å². The fourth-order valence-electron chi connectivity index (χ4n) is 3.03. The average molecular weight is 376 g/mol. The predicted octanol–water partition coefficient (Wildman–Crippen LogP) is 4.99. The summed E-state index contributed by atoms with van der Waals surface area (Å²) in [5.41, 5.74) is 1.38. The molecule has 0 aromatic heterocycles. The van der Waals surface area contributed by atoms with Crippen LogP contribution in [0, 0.1) is 0 Å². The lowest BCUT2D eigenvalue weighted by Crippen LogP contribution is -2.39. The Kier molecular flexibility index (Phi) is 7.06. The van der Waals surface area contributed by atoms with Gasteiger partial charge in [0.25, 0.3) is 0 Å². The van der Waals surface area contributed by atoms with Crippen LogP contribution in [0.2, 0.25) is 5.02 Å². The van der Waals surface area contributed by atoms with Gasteiger partial charge in [0.15, 0.2) is 0 Å². The lowest BCUT2D eigenvalue weighted by Gasteiger charge is -2.30. The van der Waals surface area contributed by atoms with Gasteiger partial charge in [-0.2, -0.15) is 0 Å². The number of carbonyl (C=O) groups excluding carboxylic acids is 1. The molecule has 0 atom stereocenters. The van der Waals surface area contributed by atoms with Crippen molar-refractivity contribution < 1.29 is 14.6 Å². The fourth-order valence-corrected chi connectivity index (χ4v) is 3.25. The van der Waals surface area contributed by atoms with Gasteiger partial charge >= 0.3 is 5.97 Å². The van der Waals surface area contributed by atoms with Crippen LogP contribution < -0.4 is 0 Å². The smallest absolute Gasteiger partial charge is 0.342 e. The first-order valence-electron chi connectivity index (χ1n) is 8.82. The molecule has 0 spiro atoms. The standard InChI is InChI=1S/C21H26ClNO3/c1-14(2)23(15(3)4)10-11-26-21(25)19-13-17(22)12-18(20(19)24)16-8-6-5-7-9-16/h5-9,12-15,24H,10-11H2,1-4H3. The molecule has 0 unspecified atom stereocenters. The van der Waals surface area contributed by atoms with E-state index in [-0.39, 0.29) is 17.9 Å². The number of rotatable bonds is 7. The van der Waals surface area contributed by atoms with Gasteiger partial charge in [0.2, 0.25) is 0 Å². The Morgan fingerprint density at radius 2 is 1.73 bits per heavy atom. The number of halogens is 1. The predicted molar refractivity (Wildman–Crippen MR) is 106 cm³/mol. The molecule has 26 heavy (non-hydrogen) atoms. The van der Waals surface area contributed by atoms with Crippen molar-refractivity contribution in [2.75, 3.05) is 13.2 Å². The number of aromatic hydroxyl groups is 1. The zero-order valence-corrected chi connectivity index (χ0v) is 16.5. The molecule has 140 valence electrons. The van der Waals surface area contributed by atoms with Gasteiger partial charge in [0.1, 0.15) is 17.9 Å². The van der Waals surface area contributed by atoms with Gasteiger partial charge in [-0.25, -0.2) is 4.79 Å². The lowest BCUT2D eigenvalue weighted by molar-refractivity contribution is 0.0414. The van der Waals surface area contributed by atoms with Crippen molar-refractivity contribution in [3.8, 4) is 16.9 Å². The van der Waals surface area contributed by atoms with E-state index in [0.29, 0.717) is 29.2 Å². The summed E-state index contributed by atoms with van der Waals surface area (Å²) in [5.74, 6) is -0.690. The van der Waals surface area contributed by atoms with Crippen LogP contribution in [0.1, 0.15) is 38.1 Å². The monoisotopic (exact) mass is 375 g/mol. The second-order valence-corrected chi connectivity index (χ2v) is 7.21. The van der Waals surface area contributed by atoms with E-state index in [1.54, 1.807) is 6.07 Å². The average Bonchev–Trinajstić information content (AvgIpc) is 2.60. The van der Waals surface area contributed by atoms with Crippen molar-refractivity contribution in [1.82, 2.24) is 4.90 Å². The summed E-state index contributed by atoms with van der Waals surface area (Å²) >= 11 is 6.16. The van der Waals surface area contributed by atoms with Gasteiger partial charge < -0.3 is 9.84 Å². The second-order valence-electron chi connectivity index (χ2n) is 6.78. The summed E-state index contributed by atoms with van der Waals surface area (Å²) < 4.78 is 5.39. The molecule has 0 fully saturated rings. The van der Waals surface area contributed by atoms with Crippen molar-refractivity contribution in [2.24, 2.45) is 0 Å². The van der Waals surface area contributed by atoms with Crippen LogP contribution in [0.3, 0.4) is 0 Å². The van der Waals surface area contributed by atoms with Crippen molar-refractivity contribution in [2.45, 2.75) is 39.8 Å². The van der Waals surface area contributed by atoms with Crippen LogP contribution in [-0.4, -0.2) is 41.2 Å². The zero-order chi connectivity index (χ0) is 19.3. The highest BCUT2D eigenvalue weighted by Crippen LogP contribution is 2.35. The molecule has 2 rings (SSSR count). The van der Waals surface area contributed by atoms with Crippen LogP contribution in [0.15, 0.2) is 42.5 Å². The Morgan fingerprint density at radius 3 is 2.31 bits per heavy atom. The van der Waals surface area contributed by atoms with Gasteiger partial charge in [-0.3, -0.25) is 4.90 Å². The SMILES string of the molecule is CC(C)N(CCOC(=O)c1cc(Cl)cc(-c2ccccc2)c1O)C(C)C. The van der Waals surface area contributed by atoms with Crippen molar-refractivity contribution >= 4 is 17.6 Å². The Balaban J connectivity index is 2.16. The highest BCUT2D eigenvalue weighted by atomic mass is 35.5. The van der Waals surface area contributed by atoms with E-state index in [2.05, 4.69) is 32.6 Å². The molecule has 0 aliphatic heterocycles.